The standard InChI is InChI=1S/C14H15FN2O2S/c1-16-10-11-5-2-3-8-14(11)20(18,19)17-13-7-4-6-12(15)9-13/h2-9,16-17H,10H2,1H3. The third-order valence-corrected chi connectivity index (χ3v) is 4.19. The van der Waals surface area contributed by atoms with Gasteiger partial charge in [0.2, 0.25) is 0 Å². The normalized spacial score (nSPS) is 11.3. The number of hydrogen-bond donors (Lipinski definition) is 2. The summed E-state index contributed by atoms with van der Waals surface area (Å²) in [6.45, 7) is 0.431. The van der Waals surface area contributed by atoms with Crippen molar-refractivity contribution in [1.29, 1.82) is 0 Å². The molecule has 0 fully saturated rings. The number of sulfonamides is 1. The molecule has 0 aliphatic carbocycles. The van der Waals surface area contributed by atoms with Crippen LogP contribution in [0, 0.1) is 5.82 Å². The summed E-state index contributed by atoms with van der Waals surface area (Å²) in [5.74, 6) is -0.492. The molecule has 0 aliphatic rings. The van der Waals surface area contributed by atoms with Gasteiger partial charge in [0.25, 0.3) is 10.0 Å². The molecule has 4 nitrogen and oxygen atoms in total. The first-order valence-corrected chi connectivity index (χ1v) is 7.52. The lowest BCUT2D eigenvalue weighted by molar-refractivity contribution is 0.599. The molecule has 2 aromatic carbocycles. The minimum Gasteiger partial charge on any atom is -0.316 e. The number of benzene rings is 2. The Morgan fingerprint density at radius 3 is 2.55 bits per heavy atom. The molecule has 0 heterocycles. The Balaban J connectivity index is 2.36. The second kappa shape index (κ2) is 6.02. The van der Waals surface area contributed by atoms with Crippen LogP contribution in [0.5, 0.6) is 0 Å². The Bertz CT molecular complexity index is 702. The largest absolute Gasteiger partial charge is 0.316 e. The molecule has 2 N–H and O–H groups in total. The lowest BCUT2D eigenvalue weighted by Gasteiger charge is -2.12. The maximum atomic E-state index is 13.1. The van der Waals surface area contributed by atoms with Crippen LogP contribution in [0.2, 0.25) is 0 Å². The molecule has 0 atom stereocenters. The number of anilines is 1. The van der Waals surface area contributed by atoms with Crippen LogP contribution < -0.4 is 10.0 Å². The van der Waals surface area contributed by atoms with E-state index >= 15 is 0 Å². The highest BCUT2D eigenvalue weighted by molar-refractivity contribution is 7.92. The topological polar surface area (TPSA) is 58.2 Å². The monoisotopic (exact) mass is 294 g/mol. The van der Waals surface area contributed by atoms with Crippen LogP contribution in [0.4, 0.5) is 10.1 Å². The highest BCUT2D eigenvalue weighted by Gasteiger charge is 2.17. The van der Waals surface area contributed by atoms with Crippen molar-refractivity contribution < 1.29 is 12.8 Å². The molecule has 0 unspecified atom stereocenters. The third-order valence-electron chi connectivity index (χ3n) is 2.71. The van der Waals surface area contributed by atoms with Gasteiger partial charge in [-0.1, -0.05) is 24.3 Å². The summed E-state index contributed by atoms with van der Waals surface area (Å²) in [5, 5.41) is 2.92. The van der Waals surface area contributed by atoms with E-state index in [0.717, 1.165) is 6.07 Å². The van der Waals surface area contributed by atoms with Crippen molar-refractivity contribution in [2.75, 3.05) is 11.8 Å². The SMILES string of the molecule is CNCc1ccccc1S(=O)(=O)Nc1cccc(F)c1. The van der Waals surface area contributed by atoms with Crippen molar-refractivity contribution >= 4 is 15.7 Å². The highest BCUT2D eigenvalue weighted by atomic mass is 32.2. The molecule has 0 saturated heterocycles. The first-order valence-electron chi connectivity index (χ1n) is 6.04. The highest BCUT2D eigenvalue weighted by Crippen LogP contribution is 2.20. The quantitative estimate of drug-likeness (QED) is 0.890. The molecule has 0 amide bonds. The number of nitrogens with one attached hydrogen (secondary N) is 2. The lowest BCUT2D eigenvalue weighted by Crippen LogP contribution is -2.17. The van der Waals surface area contributed by atoms with Gasteiger partial charge >= 0.3 is 0 Å². The van der Waals surface area contributed by atoms with E-state index in [2.05, 4.69) is 10.0 Å². The van der Waals surface area contributed by atoms with Gasteiger partial charge in [0.05, 0.1) is 10.6 Å². The summed E-state index contributed by atoms with van der Waals surface area (Å²) in [4.78, 5) is 0.179. The molecule has 0 saturated carbocycles. The van der Waals surface area contributed by atoms with Crippen molar-refractivity contribution in [3.8, 4) is 0 Å². The number of rotatable bonds is 5. The first kappa shape index (κ1) is 14.5. The van der Waals surface area contributed by atoms with Gasteiger partial charge in [-0.05, 0) is 36.9 Å². The third kappa shape index (κ3) is 3.34. The minimum atomic E-state index is -3.74. The molecule has 0 radical (unpaired) electrons. The Hall–Kier alpha value is -1.92. The van der Waals surface area contributed by atoms with Crippen molar-refractivity contribution in [3.05, 3.63) is 59.9 Å². The Morgan fingerprint density at radius 2 is 1.85 bits per heavy atom. The van der Waals surface area contributed by atoms with E-state index < -0.39 is 15.8 Å². The minimum absolute atomic E-state index is 0.179. The van der Waals surface area contributed by atoms with Gasteiger partial charge in [-0.15, -0.1) is 0 Å². The molecule has 0 bridgehead atoms. The van der Waals surface area contributed by atoms with E-state index in [1.807, 2.05) is 0 Å². The van der Waals surface area contributed by atoms with Crippen LogP contribution >= 0.6 is 0 Å². The Kier molecular flexibility index (Phi) is 4.36. The van der Waals surface area contributed by atoms with Crippen molar-refractivity contribution in [2.24, 2.45) is 0 Å². The zero-order valence-corrected chi connectivity index (χ0v) is 11.7. The molecule has 2 aromatic rings. The number of halogens is 1. The average Bonchev–Trinajstić information content (AvgIpc) is 2.39. The fraction of sp³-hybridized carbons (Fsp3) is 0.143. The molecule has 20 heavy (non-hydrogen) atoms. The fourth-order valence-corrected chi connectivity index (χ4v) is 3.15. The van der Waals surface area contributed by atoms with Gasteiger partial charge in [0, 0.05) is 6.54 Å². The van der Waals surface area contributed by atoms with Crippen LogP contribution in [0.25, 0.3) is 0 Å². The van der Waals surface area contributed by atoms with Crippen molar-refractivity contribution in [3.63, 3.8) is 0 Å². The summed E-state index contributed by atoms with van der Waals surface area (Å²) in [5.41, 5.74) is 0.850. The van der Waals surface area contributed by atoms with E-state index in [-0.39, 0.29) is 10.6 Å². The second-order valence-electron chi connectivity index (χ2n) is 4.25. The summed E-state index contributed by atoms with van der Waals surface area (Å²) in [7, 11) is -2.00. The Morgan fingerprint density at radius 1 is 1.10 bits per heavy atom. The maximum Gasteiger partial charge on any atom is 0.262 e. The van der Waals surface area contributed by atoms with E-state index in [1.165, 1.54) is 24.3 Å². The van der Waals surface area contributed by atoms with Crippen LogP contribution in [-0.2, 0) is 16.6 Å². The maximum absolute atomic E-state index is 13.1. The molecule has 0 aliphatic heterocycles. The smallest absolute Gasteiger partial charge is 0.262 e. The predicted molar refractivity (Wildman–Crippen MR) is 76.4 cm³/mol. The lowest BCUT2D eigenvalue weighted by atomic mass is 10.2. The van der Waals surface area contributed by atoms with Crippen LogP contribution in [0.3, 0.4) is 0 Å². The molecule has 6 heteroatoms. The van der Waals surface area contributed by atoms with Gasteiger partial charge in [-0.2, -0.15) is 0 Å². The predicted octanol–water partition coefficient (Wildman–Crippen LogP) is 2.35. The van der Waals surface area contributed by atoms with Crippen LogP contribution in [0.1, 0.15) is 5.56 Å². The second-order valence-corrected chi connectivity index (χ2v) is 5.90. The van der Waals surface area contributed by atoms with Gasteiger partial charge in [-0.3, -0.25) is 4.72 Å². The van der Waals surface area contributed by atoms with Crippen LogP contribution in [0.15, 0.2) is 53.4 Å². The van der Waals surface area contributed by atoms with Crippen LogP contribution in [-0.4, -0.2) is 15.5 Å². The summed E-state index contributed by atoms with van der Waals surface area (Å²) >= 11 is 0. The first-order chi connectivity index (χ1) is 9.53. The van der Waals surface area contributed by atoms with Gasteiger partial charge in [0.1, 0.15) is 5.82 Å². The molecular formula is C14H15FN2O2S. The zero-order valence-electron chi connectivity index (χ0n) is 10.9. The van der Waals surface area contributed by atoms with Crippen molar-refractivity contribution in [1.82, 2.24) is 5.32 Å². The summed E-state index contributed by atoms with van der Waals surface area (Å²) < 4.78 is 40.2. The van der Waals surface area contributed by atoms with E-state index in [9.17, 15) is 12.8 Å². The molecule has 106 valence electrons. The zero-order chi connectivity index (χ0) is 14.6. The van der Waals surface area contributed by atoms with Gasteiger partial charge in [0.15, 0.2) is 0 Å². The van der Waals surface area contributed by atoms with Gasteiger partial charge in [-0.25, -0.2) is 12.8 Å². The average molecular weight is 294 g/mol. The molecule has 0 aromatic heterocycles. The van der Waals surface area contributed by atoms with E-state index in [0.29, 0.717) is 12.1 Å². The Labute approximate surface area is 117 Å². The van der Waals surface area contributed by atoms with Gasteiger partial charge < -0.3 is 5.32 Å². The summed E-state index contributed by atoms with van der Waals surface area (Å²) in [6.07, 6.45) is 0. The molecular weight excluding hydrogens is 279 g/mol. The summed E-state index contributed by atoms with van der Waals surface area (Å²) in [6, 6.07) is 12.0. The van der Waals surface area contributed by atoms with E-state index in [1.54, 1.807) is 25.2 Å². The fourth-order valence-electron chi connectivity index (χ4n) is 1.86. The van der Waals surface area contributed by atoms with Crippen molar-refractivity contribution in [2.45, 2.75) is 11.4 Å². The van der Waals surface area contributed by atoms with E-state index in [4.69, 9.17) is 0 Å². The molecule has 0 spiro atoms. The molecule has 2 rings (SSSR count). The number of hydrogen-bond acceptors (Lipinski definition) is 3.